The number of carbonyl (C=O) groups excluding carboxylic acids is 1. The van der Waals surface area contributed by atoms with E-state index >= 15 is 0 Å². The van der Waals surface area contributed by atoms with Crippen LogP contribution < -0.4 is 15.8 Å². The van der Waals surface area contributed by atoms with Crippen LogP contribution in [0.25, 0.3) is 0 Å². The van der Waals surface area contributed by atoms with Crippen molar-refractivity contribution in [3.05, 3.63) is 58.6 Å². The zero-order valence-corrected chi connectivity index (χ0v) is 17.5. The van der Waals surface area contributed by atoms with E-state index in [0.717, 1.165) is 32.2 Å². The Labute approximate surface area is 177 Å². The van der Waals surface area contributed by atoms with Crippen LogP contribution in [0.5, 0.6) is 5.75 Å². The van der Waals surface area contributed by atoms with Gasteiger partial charge < -0.3 is 15.8 Å². The maximum absolute atomic E-state index is 13.3. The summed E-state index contributed by atoms with van der Waals surface area (Å²) in [4.78, 5) is 15.8. The number of nitrogen functional groups attached to an aromatic ring is 1. The number of halogens is 1. The molecule has 2 unspecified atom stereocenters. The quantitative estimate of drug-likeness (QED) is 0.703. The summed E-state index contributed by atoms with van der Waals surface area (Å²) < 4.78 is 5.40. The molecule has 4 rings (SSSR count). The molecule has 2 fully saturated rings. The van der Waals surface area contributed by atoms with Gasteiger partial charge in [0.15, 0.2) is 0 Å². The topological polar surface area (TPSA) is 67.6 Å². The highest BCUT2D eigenvalue weighted by molar-refractivity contribution is 6.33. The van der Waals surface area contributed by atoms with Gasteiger partial charge in [-0.3, -0.25) is 9.69 Å². The molecular formula is C23H28ClN3O2. The molecule has 2 heterocycles. The van der Waals surface area contributed by atoms with Crippen molar-refractivity contribution in [3.8, 4) is 5.75 Å². The van der Waals surface area contributed by atoms with Crippen LogP contribution in [0.15, 0.2) is 42.5 Å². The molecule has 2 saturated heterocycles. The van der Waals surface area contributed by atoms with E-state index in [1.165, 1.54) is 25.5 Å². The smallest absolute Gasteiger partial charge is 0.256 e. The van der Waals surface area contributed by atoms with Crippen molar-refractivity contribution in [1.29, 1.82) is 0 Å². The Hall–Kier alpha value is -2.24. The molecule has 2 atom stereocenters. The number of nitrogens with one attached hydrogen (secondary N) is 1. The number of amides is 1. The Kier molecular flexibility index (Phi) is 5.70. The predicted molar refractivity (Wildman–Crippen MR) is 116 cm³/mol. The molecule has 0 radical (unpaired) electrons. The van der Waals surface area contributed by atoms with Gasteiger partial charge in [0.2, 0.25) is 0 Å². The molecular weight excluding hydrogens is 386 g/mol. The van der Waals surface area contributed by atoms with Crippen molar-refractivity contribution < 1.29 is 9.53 Å². The van der Waals surface area contributed by atoms with Crippen molar-refractivity contribution in [3.63, 3.8) is 0 Å². The molecule has 0 saturated carbocycles. The Morgan fingerprint density at radius 3 is 2.79 bits per heavy atom. The summed E-state index contributed by atoms with van der Waals surface area (Å²) in [6.45, 7) is 0.839. The molecule has 29 heavy (non-hydrogen) atoms. The molecule has 0 aromatic heterocycles. The van der Waals surface area contributed by atoms with Crippen molar-refractivity contribution >= 4 is 23.2 Å². The van der Waals surface area contributed by atoms with E-state index in [1.54, 1.807) is 12.1 Å². The first-order valence-corrected chi connectivity index (χ1v) is 10.7. The van der Waals surface area contributed by atoms with E-state index in [9.17, 15) is 4.79 Å². The number of benzene rings is 2. The van der Waals surface area contributed by atoms with Crippen LogP contribution in [-0.4, -0.2) is 29.6 Å². The zero-order chi connectivity index (χ0) is 20.4. The lowest BCUT2D eigenvalue weighted by Crippen LogP contribution is -2.58. The van der Waals surface area contributed by atoms with Gasteiger partial charge in [0.05, 0.1) is 29.0 Å². The lowest BCUT2D eigenvalue weighted by Gasteiger charge is -2.41. The normalized spacial score (nSPS) is 24.1. The van der Waals surface area contributed by atoms with Crippen LogP contribution in [0.1, 0.15) is 54.4 Å². The first-order valence-electron chi connectivity index (χ1n) is 10.3. The van der Waals surface area contributed by atoms with E-state index in [4.69, 9.17) is 22.1 Å². The minimum absolute atomic E-state index is 0.163. The van der Waals surface area contributed by atoms with Crippen molar-refractivity contribution in [1.82, 2.24) is 10.2 Å². The molecule has 2 aliphatic heterocycles. The fraction of sp³-hybridized carbons (Fsp3) is 0.435. The van der Waals surface area contributed by atoms with Gasteiger partial charge in [0.25, 0.3) is 5.91 Å². The van der Waals surface area contributed by atoms with Crippen LogP contribution in [0.2, 0.25) is 5.02 Å². The molecule has 2 aromatic rings. The summed E-state index contributed by atoms with van der Waals surface area (Å²) in [6.07, 6.45) is 6.51. The molecule has 1 amide bonds. The third kappa shape index (κ3) is 3.94. The van der Waals surface area contributed by atoms with E-state index in [-0.39, 0.29) is 11.6 Å². The average molecular weight is 414 g/mol. The summed E-state index contributed by atoms with van der Waals surface area (Å²) in [6, 6.07) is 14.2. The number of nitrogens with two attached hydrogens (primary N) is 1. The van der Waals surface area contributed by atoms with Crippen molar-refractivity contribution in [2.45, 2.75) is 56.8 Å². The summed E-state index contributed by atoms with van der Waals surface area (Å²) in [5.74, 6) is 0.280. The number of anilines is 1. The fourth-order valence-corrected chi connectivity index (χ4v) is 5.04. The molecule has 3 N–H and O–H groups in total. The molecule has 0 aliphatic carbocycles. The number of carbonyl (C=O) groups is 1. The van der Waals surface area contributed by atoms with Gasteiger partial charge in [-0.05, 0) is 43.7 Å². The number of ether oxygens (including phenoxy) is 1. The van der Waals surface area contributed by atoms with Gasteiger partial charge in [-0.25, -0.2) is 0 Å². The molecule has 0 spiro atoms. The Bertz CT molecular complexity index is 889. The Morgan fingerprint density at radius 2 is 2.03 bits per heavy atom. The minimum atomic E-state index is -0.340. The van der Waals surface area contributed by atoms with E-state index < -0.39 is 0 Å². The summed E-state index contributed by atoms with van der Waals surface area (Å²) in [5.41, 5.74) is 7.64. The molecule has 5 nitrogen and oxygen atoms in total. The summed E-state index contributed by atoms with van der Waals surface area (Å²) >= 11 is 6.20. The summed E-state index contributed by atoms with van der Waals surface area (Å²) in [5, 5.41) is 3.74. The maximum atomic E-state index is 13.3. The highest BCUT2D eigenvalue weighted by atomic mass is 35.5. The van der Waals surface area contributed by atoms with Gasteiger partial charge >= 0.3 is 0 Å². The lowest BCUT2D eigenvalue weighted by molar-refractivity contribution is 0.0486. The number of rotatable bonds is 5. The van der Waals surface area contributed by atoms with E-state index in [0.29, 0.717) is 28.1 Å². The van der Waals surface area contributed by atoms with Gasteiger partial charge in [-0.2, -0.15) is 0 Å². The van der Waals surface area contributed by atoms with Gasteiger partial charge in [0.1, 0.15) is 5.75 Å². The van der Waals surface area contributed by atoms with Crippen LogP contribution in [-0.2, 0) is 6.54 Å². The van der Waals surface area contributed by atoms with Crippen molar-refractivity contribution in [2.75, 3.05) is 12.8 Å². The second kappa shape index (κ2) is 8.25. The predicted octanol–water partition coefficient (Wildman–Crippen LogP) is 4.60. The number of hydrogen-bond donors (Lipinski definition) is 2. The van der Waals surface area contributed by atoms with Crippen LogP contribution in [0.4, 0.5) is 5.69 Å². The number of hydrogen-bond acceptors (Lipinski definition) is 4. The molecule has 154 valence electrons. The first kappa shape index (κ1) is 20.0. The minimum Gasteiger partial charge on any atom is -0.496 e. The first-order chi connectivity index (χ1) is 14.0. The Morgan fingerprint density at radius 1 is 1.24 bits per heavy atom. The van der Waals surface area contributed by atoms with Gasteiger partial charge in [0, 0.05) is 18.7 Å². The van der Waals surface area contributed by atoms with E-state index in [1.807, 2.05) is 6.07 Å². The lowest BCUT2D eigenvalue weighted by atomic mass is 9.95. The Balaban J connectivity index is 1.64. The molecule has 2 aromatic carbocycles. The standard InChI is InChI=1S/C23H28ClN3O2/c1-29-21-14-20(25)19(24)13-18(21)22(28)26-23-11-6-5-9-17(10-12-23)27(23)15-16-7-3-2-4-8-16/h2-4,7-8,13-14,17H,5-6,9-12,15,25H2,1H3,(H,26,28). The number of fused-ring (bicyclic) bond motifs is 2. The maximum Gasteiger partial charge on any atom is 0.256 e. The van der Waals surface area contributed by atoms with Crippen LogP contribution in [0, 0.1) is 0 Å². The monoisotopic (exact) mass is 413 g/mol. The molecule has 2 aliphatic rings. The second-order valence-electron chi connectivity index (χ2n) is 8.11. The zero-order valence-electron chi connectivity index (χ0n) is 16.8. The average Bonchev–Trinajstić information content (AvgIpc) is 2.93. The highest BCUT2D eigenvalue weighted by Crippen LogP contribution is 2.42. The van der Waals surface area contributed by atoms with Crippen LogP contribution in [0.3, 0.4) is 0 Å². The third-order valence-electron chi connectivity index (χ3n) is 6.36. The SMILES string of the molecule is COc1cc(N)c(Cl)cc1C(=O)NC12CCCCC(CC1)N2Cc1ccccc1. The van der Waals surface area contributed by atoms with Crippen molar-refractivity contribution in [2.24, 2.45) is 0 Å². The van der Waals surface area contributed by atoms with Gasteiger partial charge in [-0.15, -0.1) is 0 Å². The number of nitrogens with zero attached hydrogens (tertiary/aromatic N) is 1. The highest BCUT2D eigenvalue weighted by Gasteiger charge is 2.48. The number of methoxy groups -OCH3 is 1. The van der Waals surface area contributed by atoms with Crippen LogP contribution >= 0.6 is 11.6 Å². The largest absolute Gasteiger partial charge is 0.496 e. The molecule has 2 bridgehead atoms. The summed E-state index contributed by atoms with van der Waals surface area (Å²) in [7, 11) is 1.54. The van der Waals surface area contributed by atoms with E-state index in [2.05, 4.69) is 34.5 Å². The third-order valence-corrected chi connectivity index (χ3v) is 6.69. The van der Waals surface area contributed by atoms with Gasteiger partial charge in [-0.1, -0.05) is 48.4 Å². The molecule has 6 heteroatoms. The fourth-order valence-electron chi connectivity index (χ4n) is 4.87. The second-order valence-corrected chi connectivity index (χ2v) is 8.52.